The predicted octanol–water partition coefficient (Wildman–Crippen LogP) is 4.26. The first kappa shape index (κ1) is 18.5. The van der Waals surface area contributed by atoms with Gasteiger partial charge in [0, 0.05) is 31.4 Å². The third-order valence-electron chi connectivity index (χ3n) is 4.73. The zero-order chi connectivity index (χ0) is 19.7. The van der Waals surface area contributed by atoms with Crippen LogP contribution in [0.1, 0.15) is 29.1 Å². The number of hydrogen-bond donors (Lipinski definition) is 0. The lowest BCUT2D eigenvalue weighted by atomic mass is 10.1. The van der Waals surface area contributed by atoms with Crippen LogP contribution in [0.4, 0.5) is 5.69 Å². The maximum atomic E-state index is 13.1. The normalized spacial score (nSPS) is 13.4. The number of carbonyl (C=O) groups is 1. The summed E-state index contributed by atoms with van der Waals surface area (Å²) < 4.78 is 5.80. The molecule has 1 amide bonds. The third-order valence-corrected chi connectivity index (χ3v) is 5.06. The minimum Gasteiger partial charge on any atom is -0.419 e. The van der Waals surface area contributed by atoms with E-state index >= 15 is 0 Å². The monoisotopic (exact) mass is 396 g/mol. The number of rotatable bonds is 6. The van der Waals surface area contributed by atoms with E-state index in [4.69, 9.17) is 16.0 Å². The summed E-state index contributed by atoms with van der Waals surface area (Å²) >= 11 is 6.21. The van der Waals surface area contributed by atoms with Gasteiger partial charge in [-0.3, -0.25) is 4.79 Å². The Morgan fingerprint density at radius 1 is 1.14 bits per heavy atom. The maximum absolute atomic E-state index is 13.1. The highest BCUT2D eigenvalue weighted by Gasteiger charge is 2.34. The van der Waals surface area contributed by atoms with Crippen LogP contribution in [0.2, 0.25) is 5.02 Å². The van der Waals surface area contributed by atoms with E-state index in [1.165, 1.54) is 0 Å². The summed E-state index contributed by atoms with van der Waals surface area (Å²) in [6.07, 6.45) is 1.98. The van der Waals surface area contributed by atoms with Crippen LogP contribution < -0.4 is 4.90 Å². The largest absolute Gasteiger partial charge is 0.419 e. The van der Waals surface area contributed by atoms with Crippen molar-refractivity contribution in [1.82, 2.24) is 15.1 Å². The molecule has 1 aromatic heterocycles. The second-order valence-electron chi connectivity index (χ2n) is 7.09. The lowest BCUT2D eigenvalue weighted by molar-refractivity contribution is 0.0714. The molecule has 144 valence electrons. The Balaban J connectivity index is 1.56. The standard InChI is InChI=1S/C21H21ClN4O2/c1-25(2)16-7-5-6-14(12-16)21(27)26(15-10-11-15)13-19-23-24-20(28-19)17-8-3-4-9-18(17)22/h3-9,12,15H,10-11,13H2,1-2H3. The second-order valence-corrected chi connectivity index (χ2v) is 7.50. The van der Waals surface area contributed by atoms with Crippen molar-refractivity contribution in [2.24, 2.45) is 0 Å². The van der Waals surface area contributed by atoms with E-state index in [1.807, 2.05) is 66.4 Å². The highest BCUT2D eigenvalue weighted by atomic mass is 35.5. The van der Waals surface area contributed by atoms with Crippen molar-refractivity contribution in [3.8, 4) is 11.5 Å². The Labute approximate surface area is 168 Å². The molecule has 0 unspecified atom stereocenters. The number of nitrogens with zero attached hydrogens (tertiary/aromatic N) is 4. The van der Waals surface area contributed by atoms with Crippen molar-refractivity contribution in [3.05, 3.63) is 65.0 Å². The summed E-state index contributed by atoms with van der Waals surface area (Å²) in [4.78, 5) is 16.9. The highest BCUT2D eigenvalue weighted by Crippen LogP contribution is 2.31. The first-order valence-electron chi connectivity index (χ1n) is 9.18. The van der Waals surface area contributed by atoms with Crippen molar-refractivity contribution in [1.29, 1.82) is 0 Å². The number of aromatic nitrogens is 2. The Morgan fingerprint density at radius 2 is 1.93 bits per heavy atom. The van der Waals surface area contributed by atoms with Crippen molar-refractivity contribution in [3.63, 3.8) is 0 Å². The second kappa shape index (κ2) is 7.64. The van der Waals surface area contributed by atoms with E-state index in [0.717, 1.165) is 18.5 Å². The molecule has 1 saturated carbocycles. The van der Waals surface area contributed by atoms with Gasteiger partial charge in [-0.05, 0) is 43.2 Å². The SMILES string of the molecule is CN(C)c1cccc(C(=O)N(Cc2nnc(-c3ccccc3Cl)o2)C2CC2)c1. The summed E-state index contributed by atoms with van der Waals surface area (Å²) in [5.41, 5.74) is 2.33. The molecule has 0 aliphatic heterocycles. The Hall–Kier alpha value is -2.86. The van der Waals surface area contributed by atoms with E-state index in [1.54, 1.807) is 6.07 Å². The predicted molar refractivity (Wildman–Crippen MR) is 108 cm³/mol. The number of halogens is 1. The molecular formula is C21H21ClN4O2. The Kier molecular flexibility index (Phi) is 5.05. The molecule has 3 aromatic rings. The van der Waals surface area contributed by atoms with Crippen molar-refractivity contribution >= 4 is 23.2 Å². The summed E-state index contributed by atoms with van der Waals surface area (Å²) in [5, 5.41) is 8.78. The molecule has 6 nitrogen and oxygen atoms in total. The van der Waals surface area contributed by atoms with Crippen LogP contribution >= 0.6 is 11.6 Å². The molecule has 1 heterocycles. The minimum atomic E-state index is -0.0244. The molecule has 0 atom stereocenters. The maximum Gasteiger partial charge on any atom is 0.254 e. The fraction of sp³-hybridized carbons (Fsp3) is 0.286. The molecule has 1 aliphatic carbocycles. The number of carbonyl (C=O) groups excluding carboxylic acids is 1. The van der Waals surface area contributed by atoms with Crippen molar-refractivity contribution in [2.75, 3.05) is 19.0 Å². The average molecular weight is 397 g/mol. The van der Waals surface area contributed by atoms with Gasteiger partial charge in [-0.2, -0.15) is 0 Å². The average Bonchev–Trinajstić information content (AvgIpc) is 3.44. The molecule has 0 N–H and O–H groups in total. The van der Waals surface area contributed by atoms with Gasteiger partial charge >= 0.3 is 0 Å². The van der Waals surface area contributed by atoms with Gasteiger partial charge in [0.15, 0.2) is 0 Å². The van der Waals surface area contributed by atoms with Crippen LogP contribution in [0.25, 0.3) is 11.5 Å². The van der Waals surface area contributed by atoms with E-state index in [9.17, 15) is 4.79 Å². The van der Waals surface area contributed by atoms with E-state index in [0.29, 0.717) is 27.9 Å². The number of anilines is 1. The molecule has 0 radical (unpaired) electrons. The third kappa shape index (κ3) is 3.87. The fourth-order valence-corrected chi connectivity index (χ4v) is 3.26. The molecule has 0 bridgehead atoms. The summed E-state index contributed by atoms with van der Waals surface area (Å²) in [6.45, 7) is 0.285. The van der Waals surface area contributed by atoms with Crippen LogP contribution in [0.15, 0.2) is 52.9 Å². The molecule has 2 aromatic carbocycles. The van der Waals surface area contributed by atoms with E-state index in [-0.39, 0.29) is 18.5 Å². The molecule has 1 aliphatic rings. The lowest BCUT2D eigenvalue weighted by Gasteiger charge is -2.21. The Bertz CT molecular complexity index is 997. The van der Waals surface area contributed by atoms with Gasteiger partial charge < -0.3 is 14.2 Å². The summed E-state index contributed by atoms with van der Waals surface area (Å²) in [5.74, 6) is 0.737. The molecule has 28 heavy (non-hydrogen) atoms. The minimum absolute atomic E-state index is 0.0244. The van der Waals surface area contributed by atoms with Crippen LogP contribution in [-0.2, 0) is 6.54 Å². The molecular weight excluding hydrogens is 376 g/mol. The molecule has 0 spiro atoms. The van der Waals surface area contributed by atoms with Crippen LogP contribution in [0.5, 0.6) is 0 Å². The van der Waals surface area contributed by atoms with Gasteiger partial charge in [0.1, 0.15) is 0 Å². The quantitative estimate of drug-likeness (QED) is 0.623. The number of hydrogen-bond acceptors (Lipinski definition) is 5. The van der Waals surface area contributed by atoms with Gasteiger partial charge in [-0.15, -0.1) is 10.2 Å². The molecule has 1 fully saturated rings. The molecule has 0 saturated heterocycles. The van der Waals surface area contributed by atoms with Crippen molar-refractivity contribution < 1.29 is 9.21 Å². The van der Waals surface area contributed by atoms with Crippen LogP contribution in [0, 0.1) is 0 Å². The van der Waals surface area contributed by atoms with Crippen molar-refractivity contribution in [2.45, 2.75) is 25.4 Å². The summed E-state index contributed by atoms with van der Waals surface area (Å²) in [7, 11) is 3.91. The van der Waals surface area contributed by atoms with Gasteiger partial charge in [0.25, 0.3) is 5.91 Å². The van der Waals surface area contributed by atoms with E-state index in [2.05, 4.69) is 10.2 Å². The fourth-order valence-electron chi connectivity index (χ4n) is 3.04. The summed E-state index contributed by atoms with van der Waals surface area (Å²) in [6, 6.07) is 15.2. The first-order chi connectivity index (χ1) is 13.5. The lowest BCUT2D eigenvalue weighted by Crippen LogP contribution is -2.32. The molecule has 4 rings (SSSR count). The van der Waals surface area contributed by atoms with Crippen LogP contribution in [0.3, 0.4) is 0 Å². The topological polar surface area (TPSA) is 62.5 Å². The smallest absolute Gasteiger partial charge is 0.254 e. The number of amides is 1. The zero-order valence-electron chi connectivity index (χ0n) is 15.8. The van der Waals surface area contributed by atoms with E-state index < -0.39 is 0 Å². The first-order valence-corrected chi connectivity index (χ1v) is 9.56. The van der Waals surface area contributed by atoms with Crippen LogP contribution in [-0.4, -0.2) is 41.1 Å². The van der Waals surface area contributed by atoms with Gasteiger partial charge in [0.2, 0.25) is 11.8 Å². The van der Waals surface area contributed by atoms with Gasteiger partial charge in [-0.1, -0.05) is 29.8 Å². The molecule has 7 heteroatoms. The van der Waals surface area contributed by atoms with Gasteiger partial charge in [0.05, 0.1) is 17.1 Å². The zero-order valence-corrected chi connectivity index (χ0v) is 16.6. The van der Waals surface area contributed by atoms with Gasteiger partial charge in [-0.25, -0.2) is 0 Å². The Morgan fingerprint density at radius 3 is 2.64 bits per heavy atom. The highest BCUT2D eigenvalue weighted by molar-refractivity contribution is 6.33. The number of benzene rings is 2.